The van der Waals surface area contributed by atoms with Crippen molar-refractivity contribution >= 4 is 37.9 Å². The number of carbonyl (C=O) groups excluding carboxylic acids is 1. The fraction of sp³-hybridized carbons (Fsp3) is 0.346. The van der Waals surface area contributed by atoms with E-state index in [1.54, 1.807) is 39.2 Å². The molecule has 1 heterocycles. The number of para-hydroxylation sites is 1. The first-order valence-corrected chi connectivity index (χ1v) is 13.1. The lowest BCUT2D eigenvalue weighted by molar-refractivity contribution is -0.137. The van der Waals surface area contributed by atoms with Crippen LogP contribution in [0.25, 0.3) is 0 Å². The van der Waals surface area contributed by atoms with Crippen molar-refractivity contribution in [2.45, 2.75) is 26.2 Å². The van der Waals surface area contributed by atoms with Gasteiger partial charge in [-0.3, -0.25) is 4.79 Å². The molecule has 0 spiro atoms. The third-order valence-electron chi connectivity index (χ3n) is 4.95. The predicted molar refractivity (Wildman–Crippen MR) is 147 cm³/mol. The van der Waals surface area contributed by atoms with E-state index in [1.165, 1.54) is 24.1 Å². The van der Waals surface area contributed by atoms with Crippen LogP contribution < -0.4 is 15.4 Å². The van der Waals surface area contributed by atoms with E-state index < -0.39 is 17.6 Å². The minimum Gasteiger partial charge on any atom is -0.495 e. The lowest BCUT2D eigenvalue weighted by Crippen LogP contribution is -2.23. The third-order valence-corrected chi connectivity index (χ3v) is 5.99. The van der Waals surface area contributed by atoms with Gasteiger partial charge in [-0.05, 0) is 43.7 Å². The number of aromatic nitrogens is 2. The summed E-state index contributed by atoms with van der Waals surface area (Å²) >= 11 is 0. The molecule has 13 heteroatoms. The van der Waals surface area contributed by atoms with Gasteiger partial charge in [0.2, 0.25) is 5.95 Å². The van der Waals surface area contributed by atoms with E-state index in [1.807, 2.05) is 19.1 Å². The smallest absolute Gasteiger partial charge is 0.421 e. The first-order chi connectivity index (χ1) is 18.5. The number of ether oxygens (including phenoxy) is 1. The van der Waals surface area contributed by atoms with Crippen molar-refractivity contribution in [2.75, 3.05) is 45.1 Å². The summed E-state index contributed by atoms with van der Waals surface area (Å²) in [4.78, 5) is 21.8. The molecule has 0 aliphatic heterocycles. The minimum atomic E-state index is -4.72. The van der Waals surface area contributed by atoms with Crippen molar-refractivity contribution in [3.05, 3.63) is 65.4 Å². The van der Waals surface area contributed by atoms with E-state index in [-0.39, 0.29) is 29.7 Å². The number of hydrogen-bond acceptors (Lipinski definition) is 8. The van der Waals surface area contributed by atoms with Gasteiger partial charge in [0.05, 0.1) is 24.0 Å². The zero-order valence-corrected chi connectivity index (χ0v) is 23.4. The van der Waals surface area contributed by atoms with E-state index in [0.717, 1.165) is 5.56 Å². The zero-order chi connectivity index (χ0) is 29.0. The maximum absolute atomic E-state index is 13.7. The molecule has 0 aliphatic carbocycles. The molecule has 212 valence electrons. The number of benzene rings is 2. The molecular formula is C26H33F3N5O4P. The lowest BCUT2D eigenvalue weighted by Gasteiger charge is -2.18. The molecule has 0 aliphatic rings. The van der Waals surface area contributed by atoms with Crippen molar-refractivity contribution in [3.63, 3.8) is 0 Å². The Hall–Kier alpha value is -3.47. The number of hydrogen-bond donors (Lipinski definition) is 3. The van der Waals surface area contributed by atoms with Crippen molar-refractivity contribution in [2.24, 2.45) is 0 Å². The number of anilines is 4. The van der Waals surface area contributed by atoms with Crippen molar-refractivity contribution < 1.29 is 32.3 Å². The van der Waals surface area contributed by atoms with Crippen LogP contribution in [0.15, 0.2) is 48.7 Å². The number of halogens is 3. The van der Waals surface area contributed by atoms with Gasteiger partial charge in [-0.2, -0.15) is 18.2 Å². The van der Waals surface area contributed by atoms with Crippen molar-refractivity contribution in [3.8, 4) is 5.75 Å². The Morgan fingerprint density at radius 2 is 1.79 bits per heavy atom. The Bertz CT molecular complexity index is 1230. The summed E-state index contributed by atoms with van der Waals surface area (Å²) in [6.07, 6.45) is -3.32. The SMILES string of the molecule is CCO.CCOPCc1ccc(Nc2ncc(C(F)(F)F)c(Nc3ccccc3C(=O)N(C)C)n2)c(OC)c1. The lowest BCUT2D eigenvalue weighted by atomic mass is 10.1. The quantitative estimate of drug-likeness (QED) is 0.208. The number of methoxy groups -OCH3 is 1. The number of carbonyl (C=O) groups is 1. The third kappa shape index (κ3) is 9.35. The van der Waals surface area contributed by atoms with E-state index >= 15 is 0 Å². The van der Waals surface area contributed by atoms with Crippen LogP contribution in [0.4, 0.5) is 36.3 Å². The van der Waals surface area contributed by atoms with Gasteiger partial charge in [-0.25, -0.2) is 4.98 Å². The van der Waals surface area contributed by atoms with Crippen LogP contribution in [0.2, 0.25) is 0 Å². The number of alkyl halides is 3. The van der Waals surface area contributed by atoms with Gasteiger partial charge in [0.1, 0.15) is 17.1 Å². The highest BCUT2D eigenvalue weighted by Gasteiger charge is 2.35. The highest BCUT2D eigenvalue weighted by Crippen LogP contribution is 2.37. The standard InChI is InChI=1S/C24H27F3N5O3P.C2H6O/c1-5-35-36-14-15-10-11-19(20(12-15)34-4)30-23-28-13-17(24(25,26)27)21(31-23)29-18-9-7-6-8-16(18)22(33)32(2)3;1-2-3/h6-13,36H,5,14H2,1-4H3,(H2,28,29,30,31);3H,2H2,1H3. The molecular weight excluding hydrogens is 534 g/mol. The maximum Gasteiger partial charge on any atom is 0.421 e. The molecule has 0 saturated heterocycles. The van der Waals surface area contributed by atoms with Crippen LogP contribution in [-0.2, 0) is 16.9 Å². The molecule has 3 rings (SSSR count). The summed E-state index contributed by atoms with van der Waals surface area (Å²) in [5.41, 5.74) is 0.786. The van der Waals surface area contributed by atoms with Gasteiger partial charge in [0.25, 0.3) is 5.91 Å². The molecule has 0 saturated carbocycles. The monoisotopic (exact) mass is 567 g/mol. The normalized spacial score (nSPS) is 11.1. The zero-order valence-electron chi connectivity index (χ0n) is 22.4. The Labute approximate surface area is 227 Å². The van der Waals surface area contributed by atoms with Crippen LogP contribution in [0, 0.1) is 0 Å². The summed E-state index contributed by atoms with van der Waals surface area (Å²) < 4.78 is 52.1. The molecule has 3 N–H and O–H groups in total. The second kappa shape index (κ2) is 15.2. The fourth-order valence-electron chi connectivity index (χ4n) is 3.20. The second-order valence-electron chi connectivity index (χ2n) is 8.05. The van der Waals surface area contributed by atoms with E-state index in [9.17, 15) is 18.0 Å². The van der Waals surface area contributed by atoms with Crippen LogP contribution in [-0.4, -0.2) is 60.3 Å². The summed E-state index contributed by atoms with van der Waals surface area (Å²) in [5, 5.41) is 13.2. The summed E-state index contributed by atoms with van der Waals surface area (Å²) in [7, 11) is 4.92. The van der Waals surface area contributed by atoms with Crippen LogP contribution in [0.1, 0.15) is 35.3 Å². The van der Waals surface area contributed by atoms with Gasteiger partial charge in [0, 0.05) is 48.5 Å². The van der Waals surface area contributed by atoms with Gasteiger partial charge in [-0.1, -0.05) is 18.2 Å². The molecule has 1 amide bonds. The largest absolute Gasteiger partial charge is 0.495 e. The van der Waals surface area contributed by atoms with Crippen LogP contribution >= 0.6 is 8.81 Å². The maximum atomic E-state index is 13.7. The Balaban J connectivity index is 0.00000170. The Morgan fingerprint density at radius 1 is 1.10 bits per heavy atom. The van der Waals surface area contributed by atoms with Crippen LogP contribution in [0.3, 0.4) is 0 Å². The summed E-state index contributed by atoms with van der Waals surface area (Å²) in [6, 6.07) is 11.7. The molecule has 2 aromatic carbocycles. The summed E-state index contributed by atoms with van der Waals surface area (Å²) in [6.45, 7) is 4.48. The van der Waals surface area contributed by atoms with E-state index in [4.69, 9.17) is 14.4 Å². The second-order valence-corrected chi connectivity index (χ2v) is 8.98. The predicted octanol–water partition coefficient (Wildman–Crippen LogP) is 5.82. The van der Waals surface area contributed by atoms with Crippen LogP contribution in [0.5, 0.6) is 5.75 Å². The number of nitrogens with zero attached hydrogens (tertiary/aromatic N) is 3. The molecule has 3 aromatic rings. The highest BCUT2D eigenvalue weighted by atomic mass is 31.1. The highest BCUT2D eigenvalue weighted by molar-refractivity contribution is 7.31. The molecule has 9 nitrogen and oxygen atoms in total. The molecule has 0 radical (unpaired) electrons. The van der Waals surface area contributed by atoms with Gasteiger partial charge < -0.3 is 29.9 Å². The molecule has 1 unspecified atom stereocenters. The first-order valence-electron chi connectivity index (χ1n) is 12.0. The van der Waals surface area contributed by atoms with Gasteiger partial charge in [0.15, 0.2) is 0 Å². The average molecular weight is 568 g/mol. The number of amides is 1. The van der Waals surface area contributed by atoms with Gasteiger partial charge >= 0.3 is 6.18 Å². The van der Waals surface area contributed by atoms with Gasteiger partial charge in [-0.15, -0.1) is 0 Å². The van der Waals surface area contributed by atoms with Crippen molar-refractivity contribution in [1.29, 1.82) is 0 Å². The molecule has 39 heavy (non-hydrogen) atoms. The van der Waals surface area contributed by atoms with E-state index in [0.29, 0.717) is 39.2 Å². The number of rotatable bonds is 10. The first kappa shape index (κ1) is 31.7. The topological polar surface area (TPSA) is 109 Å². The minimum absolute atomic E-state index is 0.0795. The number of nitrogens with one attached hydrogen (secondary N) is 2. The number of aliphatic hydroxyl groups excluding tert-OH is 1. The molecule has 0 fully saturated rings. The fourth-order valence-corrected chi connectivity index (χ4v) is 3.89. The molecule has 1 atom stereocenters. The number of aliphatic hydroxyl groups is 1. The van der Waals surface area contributed by atoms with E-state index in [2.05, 4.69) is 20.6 Å². The summed E-state index contributed by atoms with van der Waals surface area (Å²) in [5.74, 6) is -0.459. The Morgan fingerprint density at radius 3 is 2.41 bits per heavy atom. The average Bonchev–Trinajstić information content (AvgIpc) is 2.89. The molecule has 1 aromatic heterocycles. The Kier molecular flexibility index (Phi) is 12.4. The molecule has 0 bridgehead atoms. The van der Waals surface area contributed by atoms with Crippen molar-refractivity contribution in [1.82, 2.24) is 14.9 Å².